The molecule has 1 aliphatic rings. The van der Waals surface area contributed by atoms with Gasteiger partial charge in [0.05, 0.1) is 6.54 Å². The molecule has 1 saturated heterocycles. The third kappa shape index (κ3) is 4.82. The second-order valence-electron chi connectivity index (χ2n) is 4.64. The molecule has 2 rings (SSSR count). The first-order valence-electron chi connectivity index (χ1n) is 6.52. The van der Waals surface area contributed by atoms with Gasteiger partial charge in [0, 0.05) is 13.1 Å². The summed E-state index contributed by atoms with van der Waals surface area (Å²) in [4.78, 5) is 2.57. The number of hydrogen-bond acceptors (Lipinski definition) is 3. The van der Waals surface area contributed by atoms with E-state index in [1.54, 1.807) is 0 Å². The molecule has 0 bridgehead atoms. The molecule has 1 aromatic heterocycles. The lowest BCUT2D eigenvalue weighted by atomic mass is 10.2. The molecule has 0 spiro atoms. The van der Waals surface area contributed by atoms with Crippen LogP contribution in [0.25, 0.3) is 0 Å². The first-order valence-corrected chi connectivity index (χ1v) is 7.31. The molecule has 4 heteroatoms. The van der Waals surface area contributed by atoms with Crippen LogP contribution in [0.1, 0.15) is 31.4 Å². The van der Waals surface area contributed by atoms with Crippen molar-refractivity contribution in [1.82, 2.24) is 10.2 Å². The van der Waals surface area contributed by atoms with Gasteiger partial charge in [-0.2, -0.15) is 0 Å². The Labute approximate surface area is 112 Å². The third-order valence-electron chi connectivity index (χ3n) is 3.23. The highest BCUT2D eigenvalue weighted by Gasteiger charge is 2.08. The molecule has 0 radical (unpaired) electrons. The fourth-order valence-corrected chi connectivity index (χ4v) is 2.60. The number of nitrogens with one attached hydrogen (secondary N) is 1. The Hall–Kier alpha value is -0.320. The second kappa shape index (κ2) is 7.19. The van der Waals surface area contributed by atoms with Crippen LogP contribution >= 0.6 is 15.9 Å². The molecule has 0 amide bonds. The summed E-state index contributed by atoms with van der Waals surface area (Å²) in [6.07, 6.45) is 5.55. The van der Waals surface area contributed by atoms with Crippen molar-refractivity contribution in [3.05, 3.63) is 22.6 Å². The van der Waals surface area contributed by atoms with Gasteiger partial charge in [0.1, 0.15) is 5.76 Å². The van der Waals surface area contributed by atoms with Crippen molar-refractivity contribution in [1.29, 1.82) is 0 Å². The van der Waals surface area contributed by atoms with Gasteiger partial charge < -0.3 is 14.6 Å². The van der Waals surface area contributed by atoms with Crippen LogP contribution in [0.15, 0.2) is 21.2 Å². The van der Waals surface area contributed by atoms with E-state index in [2.05, 4.69) is 26.1 Å². The zero-order chi connectivity index (χ0) is 11.9. The Kier molecular flexibility index (Phi) is 5.55. The lowest BCUT2D eigenvalue weighted by molar-refractivity contribution is 0.282. The monoisotopic (exact) mass is 300 g/mol. The highest BCUT2D eigenvalue weighted by molar-refractivity contribution is 9.10. The zero-order valence-electron chi connectivity index (χ0n) is 10.3. The maximum absolute atomic E-state index is 5.44. The third-order valence-corrected chi connectivity index (χ3v) is 3.66. The van der Waals surface area contributed by atoms with Gasteiger partial charge in [0.2, 0.25) is 0 Å². The van der Waals surface area contributed by atoms with Crippen LogP contribution in [-0.4, -0.2) is 31.1 Å². The highest BCUT2D eigenvalue weighted by Crippen LogP contribution is 2.13. The van der Waals surface area contributed by atoms with Gasteiger partial charge in [0.25, 0.3) is 0 Å². The molecule has 1 fully saturated rings. The summed E-state index contributed by atoms with van der Waals surface area (Å²) in [5.74, 6) is 0.993. The van der Waals surface area contributed by atoms with E-state index in [4.69, 9.17) is 4.42 Å². The van der Waals surface area contributed by atoms with Gasteiger partial charge in [-0.05, 0) is 54.0 Å². The van der Waals surface area contributed by atoms with Crippen LogP contribution in [0.3, 0.4) is 0 Å². The number of hydrogen-bond donors (Lipinski definition) is 1. The molecule has 1 aliphatic heterocycles. The number of nitrogens with zero attached hydrogens (tertiary/aromatic N) is 1. The van der Waals surface area contributed by atoms with Crippen molar-refractivity contribution >= 4 is 15.9 Å². The van der Waals surface area contributed by atoms with Crippen molar-refractivity contribution < 1.29 is 4.42 Å². The van der Waals surface area contributed by atoms with Gasteiger partial charge in [0.15, 0.2) is 4.67 Å². The van der Waals surface area contributed by atoms with E-state index in [0.717, 1.165) is 30.1 Å². The molecule has 17 heavy (non-hydrogen) atoms. The van der Waals surface area contributed by atoms with E-state index in [0.29, 0.717) is 0 Å². The largest absolute Gasteiger partial charge is 0.453 e. The maximum Gasteiger partial charge on any atom is 0.169 e. The van der Waals surface area contributed by atoms with E-state index in [1.165, 1.54) is 38.8 Å². The molecule has 2 heterocycles. The Morgan fingerprint density at radius 3 is 2.59 bits per heavy atom. The summed E-state index contributed by atoms with van der Waals surface area (Å²) in [6, 6.07) is 3.94. The summed E-state index contributed by atoms with van der Waals surface area (Å²) in [5.41, 5.74) is 0. The van der Waals surface area contributed by atoms with Crippen LogP contribution in [0.4, 0.5) is 0 Å². The maximum atomic E-state index is 5.44. The first-order chi connectivity index (χ1) is 8.34. The molecular formula is C13H21BrN2O. The predicted octanol–water partition coefficient (Wildman–Crippen LogP) is 3.01. The molecule has 3 nitrogen and oxygen atoms in total. The number of halogens is 1. The zero-order valence-corrected chi connectivity index (χ0v) is 11.8. The summed E-state index contributed by atoms with van der Waals surface area (Å²) in [7, 11) is 0. The minimum atomic E-state index is 0.807. The van der Waals surface area contributed by atoms with Crippen LogP contribution in [0.5, 0.6) is 0 Å². The van der Waals surface area contributed by atoms with Crippen LogP contribution in [0.2, 0.25) is 0 Å². The molecular weight excluding hydrogens is 280 g/mol. The Morgan fingerprint density at radius 1 is 1.18 bits per heavy atom. The molecule has 1 N–H and O–H groups in total. The predicted molar refractivity (Wildman–Crippen MR) is 73.0 cm³/mol. The van der Waals surface area contributed by atoms with Gasteiger partial charge in [-0.15, -0.1) is 0 Å². The fourth-order valence-electron chi connectivity index (χ4n) is 2.26. The lowest BCUT2D eigenvalue weighted by Gasteiger charge is -2.19. The molecule has 1 aromatic rings. The molecule has 0 unspecified atom stereocenters. The number of rotatable bonds is 5. The molecule has 0 aromatic carbocycles. The van der Waals surface area contributed by atoms with Crippen molar-refractivity contribution in [3.63, 3.8) is 0 Å². The van der Waals surface area contributed by atoms with E-state index >= 15 is 0 Å². The molecule has 0 atom stereocenters. The van der Waals surface area contributed by atoms with Gasteiger partial charge in [-0.1, -0.05) is 12.8 Å². The van der Waals surface area contributed by atoms with Crippen LogP contribution < -0.4 is 5.32 Å². The SMILES string of the molecule is Brc1ccc(CNCCN2CCCCCC2)o1. The number of likely N-dealkylation sites (tertiary alicyclic amines) is 1. The van der Waals surface area contributed by atoms with E-state index < -0.39 is 0 Å². The number of furan rings is 1. The van der Waals surface area contributed by atoms with Crippen molar-refractivity contribution in [3.8, 4) is 0 Å². The molecule has 0 aliphatic carbocycles. The lowest BCUT2D eigenvalue weighted by Crippen LogP contribution is -2.32. The van der Waals surface area contributed by atoms with Crippen molar-refractivity contribution in [2.45, 2.75) is 32.2 Å². The minimum absolute atomic E-state index is 0.807. The topological polar surface area (TPSA) is 28.4 Å². The Morgan fingerprint density at radius 2 is 1.94 bits per heavy atom. The average Bonchev–Trinajstić information content (AvgIpc) is 2.59. The van der Waals surface area contributed by atoms with Crippen LogP contribution in [0, 0.1) is 0 Å². The Bertz CT molecular complexity index is 319. The van der Waals surface area contributed by atoms with E-state index in [1.807, 2.05) is 12.1 Å². The van der Waals surface area contributed by atoms with Gasteiger partial charge in [-0.25, -0.2) is 0 Å². The van der Waals surface area contributed by atoms with Crippen molar-refractivity contribution in [2.75, 3.05) is 26.2 Å². The molecule has 96 valence electrons. The first kappa shape index (κ1) is 13.1. The van der Waals surface area contributed by atoms with Gasteiger partial charge >= 0.3 is 0 Å². The van der Waals surface area contributed by atoms with Crippen molar-refractivity contribution in [2.24, 2.45) is 0 Å². The standard InChI is InChI=1S/C13H21BrN2O/c14-13-6-5-12(17-13)11-15-7-10-16-8-3-1-2-4-9-16/h5-6,15H,1-4,7-11H2. The smallest absolute Gasteiger partial charge is 0.169 e. The summed E-state index contributed by atoms with van der Waals surface area (Å²) < 4.78 is 6.24. The summed E-state index contributed by atoms with van der Waals surface area (Å²) >= 11 is 3.31. The normalized spacial score (nSPS) is 18.2. The van der Waals surface area contributed by atoms with E-state index in [9.17, 15) is 0 Å². The highest BCUT2D eigenvalue weighted by atomic mass is 79.9. The summed E-state index contributed by atoms with van der Waals surface area (Å²) in [6.45, 7) is 5.56. The van der Waals surface area contributed by atoms with E-state index in [-0.39, 0.29) is 0 Å². The average molecular weight is 301 g/mol. The molecule has 0 saturated carbocycles. The summed E-state index contributed by atoms with van der Waals surface area (Å²) in [5, 5.41) is 3.43. The van der Waals surface area contributed by atoms with Gasteiger partial charge in [-0.3, -0.25) is 0 Å². The van der Waals surface area contributed by atoms with Crippen LogP contribution in [-0.2, 0) is 6.54 Å². The fraction of sp³-hybridized carbons (Fsp3) is 0.692. The Balaban J connectivity index is 1.59. The quantitative estimate of drug-likeness (QED) is 0.848. The minimum Gasteiger partial charge on any atom is -0.453 e. The second-order valence-corrected chi connectivity index (χ2v) is 5.42.